The second kappa shape index (κ2) is 6.59. The van der Waals surface area contributed by atoms with Crippen LogP contribution in [-0.4, -0.2) is 43.7 Å². The normalized spacial score (nSPS) is 23.1. The van der Waals surface area contributed by atoms with Gasteiger partial charge in [-0.1, -0.05) is 12.1 Å². The summed E-state index contributed by atoms with van der Waals surface area (Å²) in [6.07, 6.45) is 4.12. The molecule has 0 amide bonds. The lowest BCUT2D eigenvalue weighted by Crippen LogP contribution is -2.29. The molecule has 0 spiro atoms. The van der Waals surface area contributed by atoms with Crippen LogP contribution < -0.4 is 10.1 Å². The summed E-state index contributed by atoms with van der Waals surface area (Å²) in [4.78, 5) is 2.54. The highest BCUT2D eigenvalue weighted by molar-refractivity contribution is 5.27. The van der Waals surface area contributed by atoms with E-state index in [1.54, 1.807) is 0 Å². The smallest absolute Gasteiger partial charge is 0.119 e. The number of nitrogens with one attached hydrogen (secondary N) is 1. The van der Waals surface area contributed by atoms with Crippen molar-refractivity contribution >= 4 is 0 Å². The SMILES string of the molecule is Cc1cccc(OCCN2CCC(CNC3CC3)C2)c1. The molecular weight excluding hydrogens is 248 g/mol. The molecule has 1 unspecified atom stereocenters. The molecule has 1 saturated carbocycles. The molecule has 1 N–H and O–H groups in total. The highest BCUT2D eigenvalue weighted by Crippen LogP contribution is 2.21. The number of hydrogen-bond acceptors (Lipinski definition) is 3. The van der Waals surface area contributed by atoms with E-state index in [1.165, 1.54) is 44.5 Å². The minimum atomic E-state index is 0.798. The van der Waals surface area contributed by atoms with E-state index >= 15 is 0 Å². The van der Waals surface area contributed by atoms with Gasteiger partial charge in [0.15, 0.2) is 0 Å². The van der Waals surface area contributed by atoms with Gasteiger partial charge in [0.05, 0.1) is 0 Å². The molecule has 1 aliphatic heterocycles. The molecule has 0 aromatic heterocycles. The average Bonchev–Trinajstić information content (AvgIpc) is 3.16. The molecule has 3 rings (SSSR count). The fourth-order valence-corrected chi connectivity index (χ4v) is 2.90. The van der Waals surface area contributed by atoms with Crippen molar-refractivity contribution in [1.29, 1.82) is 0 Å². The third-order valence-corrected chi connectivity index (χ3v) is 4.31. The Bertz CT molecular complexity index is 431. The van der Waals surface area contributed by atoms with Gasteiger partial charge in [-0.3, -0.25) is 4.90 Å². The summed E-state index contributed by atoms with van der Waals surface area (Å²) in [6.45, 7) is 7.62. The van der Waals surface area contributed by atoms with Crippen LogP contribution in [0.4, 0.5) is 0 Å². The highest BCUT2D eigenvalue weighted by atomic mass is 16.5. The summed E-state index contributed by atoms with van der Waals surface area (Å²) in [5, 5.41) is 3.65. The van der Waals surface area contributed by atoms with Gasteiger partial charge in [-0.05, 0) is 62.9 Å². The summed E-state index contributed by atoms with van der Waals surface area (Å²) in [5.74, 6) is 1.84. The minimum Gasteiger partial charge on any atom is -0.492 e. The number of hydrogen-bond donors (Lipinski definition) is 1. The van der Waals surface area contributed by atoms with E-state index in [0.717, 1.165) is 30.9 Å². The van der Waals surface area contributed by atoms with Crippen molar-refractivity contribution in [2.24, 2.45) is 5.92 Å². The number of likely N-dealkylation sites (tertiary alicyclic amines) is 1. The zero-order chi connectivity index (χ0) is 13.8. The fraction of sp³-hybridized carbons (Fsp3) is 0.647. The zero-order valence-corrected chi connectivity index (χ0v) is 12.5. The molecule has 1 saturated heterocycles. The van der Waals surface area contributed by atoms with Crippen LogP contribution in [0.5, 0.6) is 5.75 Å². The summed E-state index contributed by atoms with van der Waals surface area (Å²) in [5.41, 5.74) is 1.26. The maximum absolute atomic E-state index is 5.83. The van der Waals surface area contributed by atoms with E-state index in [4.69, 9.17) is 4.74 Å². The van der Waals surface area contributed by atoms with Crippen LogP contribution in [0.15, 0.2) is 24.3 Å². The lowest BCUT2D eigenvalue weighted by molar-refractivity contribution is 0.232. The van der Waals surface area contributed by atoms with E-state index in [9.17, 15) is 0 Å². The number of nitrogens with zero attached hydrogens (tertiary/aromatic N) is 1. The first-order chi connectivity index (χ1) is 9.79. The van der Waals surface area contributed by atoms with Crippen LogP contribution in [0.1, 0.15) is 24.8 Å². The van der Waals surface area contributed by atoms with Crippen molar-refractivity contribution in [3.8, 4) is 5.75 Å². The van der Waals surface area contributed by atoms with Gasteiger partial charge in [0.25, 0.3) is 0 Å². The molecule has 1 aromatic rings. The van der Waals surface area contributed by atoms with E-state index in [-0.39, 0.29) is 0 Å². The van der Waals surface area contributed by atoms with Crippen LogP contribution in [0.3, 0.4) is 0 Å². The highest BCUT2D eigenvalue weighted by Gasteiger charge is 2.25. The van der Waals surface area contributed by atoms with Crippen LogP contribution in [0, 0.1) is 12.8 Å². The van der Waals surface area contributed by atoms with E-state index in [0.29, 0.717) is 0 Å². The second-order valence-electron chi connectivity index (χ2n) is 6.30. The van der Waals surface area contributed by atoms with Crippen molar-refractivity contribution in [1.82, 2.24) is 10.2 Å². The molecule has 110 valence electrons. The topological polar surface area (TPSA) is 24.5 Å². The molecule has 3 nitrogen and oxygen atoms in total. The first-order valence-corrected chi connectivity index (χ1v) is 7.95. The molecule has 1 aromatic carbocycles. The Morgan fingerprint density at radius 1 is 1.30 bits per heavy atom. The summed E-state index contributed by atoms with van der Waals surface area (Å²) in [6, 6.07) is 9.14. The lowest BCUT2D eigenvalue weighted by Gasteiger charge is -2.16. The zero-order valence-electron chi connectivity index (χ0n) is 12.5. The van der Waals surface area contributed by atoms with Gasteiger partial charge in [0, 0.05) is 19.1 Å². The average molecular weight is 274 g/mol. The van der Waals surface area contributed by atoms with Crippen molar-refractivity contribution in [2.75, 3.05) is 32.8 Å². The Morgan fingerprint density at radius 3 is 3.00 bits per heavy atom. The number of benzene rings is 1. The predicted molar refractivity (Wildman–Crippen MR) is 82.2 cm³/mol. The van der Waals surface area contributed by atoms with Crippen molar-refractivity contribution < 1.29 is 4.74 Å². The Hall–Kier alpha value is -1.06. The van der Waals surface area contributed by atoms with Crippen LogP contribution in [0.2, 0.25) is 0 Å². The Morgan fingerprint density at radius 2 is 2.20 bits per heavy atom. The molecule has 2 aliphatic rings. The van der Waals surface area contributed by atoms with Gasteiger partial charge in [-0.15, -0.1) is 0 Å². The maximum atomic E-state index is 5.83. The van der Waals surface area contributed by atoms with Crippen molar-refractivity contribution in [2.45, 2.75) is 32.2 Å². The predicted octanol–water partition coefficient (Wildman–Crippen LogP) is 2.45. The fourth-order valence-electron chi connectivity index (χ4n) is 2.90. The number of aryl methyl sites for hydroxylation is 1. The molecule has 3 heteroatoms. The quantitative estimate of drug-likeness (QED) is 0.826. The minimum absolute atomic E-state index is 0.798. The molecule has 0 bridgehead atoms. The van der Waals surface area contributed by atoms with Gasteiger partial charge in [-0.2, -0.15) is 0 Å². The Kier molecular flexibility index (Phi) is 4.58. The van der Waals surface area contributed by atoms with Crippen molar-refractivity contribution in [3.05, 3.63) is 29.8 Å². The molecular formula is C17H26N2O. The number of rotatable bonds is 7. The molecule has 0 radical (unpaired) electrons. The Balaban J connectivity index is 1.32. The molecule has 1 heterocycles. The van der Waals surface area contributed by atoms with E-state index in [1.807, 2.05) is 6.07 Å². The molecule has 1 aliphatic carbocycles. The summed E-state index contributed by atoms with van der Waals surface area (Å²) in [7, 11) is 0. The monoisotopic (exact) mass is 274 g/mol. The third-order valence-electron chi connectivity index (χ3n) is 4.31. The van der Waals surface area contributed by atoms with E-state index in [2.05, 4.69) is 35.3 Å². The largest absolute Gasteiger partial charge is 0.492 e. The third kappa shape index (κ3) is 4.22. The van der Waals surface area contributed by atoms with Gasteiger partial charge in [-0.25, -0.2) is 0 Å². The lowest BCUT2D eigenvalue weighted by atomic mass is 10.1. The maximum Gasteiger partial charge on any atom is 0.119 e. The first kappa shape index (κ1) is 13.9. The Labute approximate surface area is 122 Å². The van der Waals surface area contributed by atoms with Crippen molar-refractivity contribution in [3.63, 3.8) is 0 Å². The van der Waals surface area contributed by atoms with E-state index < -0.39 is 0 Å². The molecule has 1 atom stereocenters. The second-order valence-corrected chi connectivity index (χ2v) is 6.30. The first-order valence-electron chi connectivity index (χ1n) is 7.95. The van der Waals surface area contributed by atoms with Gasteiger partial charge in [0.1, 0.15) is 12.4 Å². The summed E-state index contributed by atoms with van der Waals surface area (Å²) >= 11 is 0. The van der Waals surface area contributed by atoms with Gasteiger partial charge < -0.3 is 10.1 Å². The van der Waals surface area contributed by atoms with Crippen LogP contribution >= 0.6 is 0 Å². The van der Waals surface area contributed by atoms with Gasteiger partial charge in [0.2, 0.25) is 0 Å². The summed E-state index contributed by atoms with van der Waals surface area (Å²) < 4.78 is 5.83. The van der Waals surface area contributed by atoms with Crippen LogP contribution in [0.25, 0.3) is 0 Å². The number of ether oxygens (including phenoxy) is 1. The van der Waals surface area contributed by atoms with Crippen LogP contribution in [-0.2, 0) is 0 Å². The van der Waals surface area contributed by atoms with Gasteiger partial charge >= 0.3 is 0 Å². The molecule has 20 heavy (non-hydrogen) atoms. The standard InChI is InChI=1S/C17H26N2O/c1-14-3-2-4-17(11-14)20-10-9-19-8-7-15(13-19)12-18-16-5-6-16/h2-4,11,15-16,18H,5-10,12-13H2,1H3. The molecule has 2 fully saturated rings.